The number of aryl methyl sites for hydroxylation is 1. The summed E-state index contributed by atoms with van der Waals surface area (Å²) in [6.07, 6.45) is 2.21. The highest BCUT2D eigenvalue weighted by molar-refractivity contribution is 5.94. The maximum atomic E-state index is 2.42. The molecular weight excluding hydrogens is 338 g/mol. The summed E-state index contributed by atoms with van der Waals surface area (Å²) in [5.74, 6) is 1.04. The zero-order chi connectivity index (χ0) is 20.8. The maximum Gasteiger partial charge on any atom is 0.220 e. The van der Waals surface area contributed by atoms with Gasteiger partial charge in [0.05, 0.1) is 10.9 Å². The zero-order valence-corrected chi connectivity index (χ0v) is 19.1. The quantitative estimate of drug-likeness (QED) is 0.427. The molecule has 0 fully saturated rings. The molecule has 0 aliphatic heterocycles. The van der Waals surface area contributed by atoms with Crippen molar-refractivity contribution in [3.63, 3.8) is 0 Å². The van der Waals surface area contributed by atoms with E-state index < -0.39 is 0 Å². The van der Waals surface area contributed by atoms with Crippen LogP contribution in [-0.4, -0.2) is 0 Å². The van der Waals surface area contributed by atoms with Crippen LogP contribution >= 0.6 is 0 Å². The van der Waals surface area contributed by atoms with Crippen LogP contribution in [0.3, 0.4) is 0 Å². The number of hydrogen-bond acceptors (Lipinski definition) is 0. The molecule has 2 aromatic carbocycles. The summed E-state index contributed by atoms with van der Waals surface area (Å²) >= 11 is 0. The first-order valence-electron chi connectivity index (χ1n) is 10.6. The predicted octanol–water partition coefficient (Wildman–Crippen LogP) is 7.18. The standard InChI is InChI=1S/C27H36N/c1-17(2)21-15-24(18(3)4)19(5)25(16-21)26-23-11-10-22(27(6,7)8)14-20(23)12-13-28(26)9/h10-18H,1-9H3/q+1. The van der Waals surface area contributed by atoms with E-state index in [1.807, 2.05) is 0 Å². The molecule has 148 valence electrons. The fourth-order valence-corrected chi connectivity index (χ4v) is 4.11. The van der Waals surface area contributed by atoms with E-state index in [4.69, 9.17) is 0 Å². The Balaban J connectivity index is 2.36. The Morgan fingerprint density at radius 2 is 1.54 bits per heavy atom. The van der Waals surface area contributed by atoms with Gasteiger partial charge in [-0.25, -0.2) is 4.57 Å². The number of pyridine rings is 1. The van der Waals surface area contributed by atoms with Gasteiger partial charge in [-0.15, -0.1) is 0 Å². The molecule has 0 saturated carbocycles. The van der Waals surface area contributed by atoms with Gasteiger partial charge in [0.15, 0.2) is 6.20 Å². The Hall–Kier alpha value is -2.15. The van der Waals surface area contributed by atoms with Gasteiger partial charge in [-0.1, -0.05) is 66.7 Å². The highest BCUT2D eigenvalue weighted by Crippen LogP contribution is 2.36. The van der Waals surface area contributed by atoms with Gasteiger partial charge in [0, 0.05) is 6.07 Å². The van der Waals surface area contributed by atoms with Crippen molar-refractivity contribution in [2.24, 2.45) is 7.05 Å². The first-order valence-corrected chi connectivity index (χ1v) is 10.6. The Morgan fingerprint density at radius 1 is 0.857 bits per heavy atom. The molecule has 0 unspecified atom stereocenters. The lowest BCUT2D eigenvalue weighted by atomic mass is 9.84. The van der Waals surface area contributed by atoms with E-state index in [9.17, 15) is 0 Å². The van der Waals surface area contributed by atoms with Crippen LogP contribution < -0.4 is 4.57 Å². The third kappa shape index (κ3) is 3.72. The molecule has 0 N–H and O–H groups in total. The summed E-state index contributed by atoms with van der Waals surface area (Å²) in [5, 5.41) is 2.65. The summed E-state index contributed by atoms with van der Waals surface area (Å²) in [5.41, 5.74) is 8.52. The van der Waals surface area contributed by atoms with Crippen molar-refractivity contribution in [3.8, 4) is 11.3 Å². The van der Waals surface area contributed by atoms with Gasteiger partial charge in [0.2, 0.25) is 5.69 Å². The SMILES string of the molecule is Cc1c(-c2c3ccc(C(C)(C)C)cc3cc[n+]2C)cc(C(C)C)cc1C(C)C. The van der Waals surface area contributed by atoms with E-state index in [2.05, 4.69) is 110 Å². The van der Waals surface area contributed by atoms with E-state index in [1.54, 1.807) is 0 Å². The van der Waals surface area contributed by atoms with Gasteiger partial charge >= 0.3 is 0 Å². The molecule has 1 nitrogen and oxygen atoms in total. The first kappa shape index (κ1) is 20.6. The van der Waals surface area contributed by atoms with Crippen molar-refractivity contribution in [1.29, 1.82) is 0 Å². The van der Waals surface area contributed by atoms with Gasteiger partial charge in [0.1, 0.15) is 7.05 Å². The molecule has 0 aliphatic carbocycles. The summed E-state index contributed by atoms with van der Waals surface area (Å²) in [6, 6.07) is 14.1. The van der Waals surface area contributed by atoms with Gasteiger partial charge in [-0.2, -0.15) is 0 Å². The molecule has 1 heteroatoms. The fraction of sp³-hybridized carbons (Fsp3) is 0.444. The molecule has 0 amide bonds. The van der Waals surface area contributed by atoms with E-state index >= 15 is 0 Å². The second kappa shape index (κ2) is 7.35. The molecular formula is C27H36N+. The van der Waals surface area contributed by atoms with Crippen molar-refractivity contribution in [2.75, 3.05) is 0 Å². The van der Waals surface area contributed by atoms with Crippen LogP contribution in [0.2, 0.25) is 0 Å². The third-order valence-electron chi connectivity index (χ3n) is 6.02. The molecule has 0 saturated heterocycles. The second-order valence-corrected chi connectivity index (χ2v) is 9.92. The van der Waals surface area contributed by atoms with Gasteiger partial charge in [0.25, 0.3) is 0 Å². The predicted molar refractivity (Wildman–Crippen MR) is 122 cm³/mol. The number of nitrogens with zero attached hydrogens (tertiary/aromatic N) is 1. The maximum absolute atomic E-state index is 2.42. The largest absolute Gasteiger partial charge is 0.220 e. The zero-order valence-electron chi connectivity index (χ0n) is 19.1. The number of rotatable bonds is 3. The van der Waals surface area contributed by atoms with Crippen molar-refractivity contribution in [1.82, 2.24) is 0 Å². The molecule has 0 bridgehead atoms. The highest BCUT2D eigenvalue weighted by Gasteiger charge is 2.22. The number of aromatic nitrogens is 1. The molecule has 1 aromatic heterocycles. The van der Waals surface area contributed by atoms with Crippen molar-refractivity contribution in [3.05, 3.63) is 64.8 Å². The van der Waals surface area contributed by atoms with Crippen molar-refractivity contribution >= 4 is 10.8 Å². The third-order valence-corrected chi connectivity index (χ3v) is 6.02. The lowest BCUT2D eigenvalue weighted by molar-refractivity contribution is -0.659. The molecule has 0 radical (unpaired) electrons. The monoisotopic (exact) mass is 374 g/mol. The highest BCUT2D eigenvalue weighted by atomic mass is 14.9. The minimum atomic E-state index is 0.157. The number of fused-ring (bicyclic) bond motifs is 1. The van der Waals surface area contributed by atoms with E-state index in [0.29, 0.717) is 11.8 Å². The normalized spacial score (nSPS) is 12.4. The molecule has 0 aliphatic rings. The Labute approximate surface area is 171 Å². The Kier molecular flexibility index (Phi) is 5.40. The van der Waals surface area contributed by atoms with Crippen LogP contribution in [0.25, 0.3) is 22.0 Å². The summed E-state index contributed by atoms with van der Waals surface area (Å²) in [6.45, 7) is 18.3. The lowest BCUT2D eigenvalue weighted by Gasteiger charge is -2.20. The average Bonchev–Trinajstić information content (AvgIpc) is 2.60. The van der Waals surface area contributed by atoms with E-state index in [0.717, 1.165) is 0 Å². The Bertz CT molecular complexity index is 1020. The molecule has 3 aromatic rings. The van der Waals surface area contributed by atoms with Crippen LogP contribution in [0, 0.1) is 6.92 Å². The lowest BCUT2D eigenvalue weighted by Crippen LogP contribution is -2.31. The van der Waals surface area contributed by atoms with Gasteiger partial charge in [-0.05, 0) is 63.9 Å². The summed E-state index contributed by atoms with van der Waals surface area (Å²) in [4.78, 5) is 0. The average molecular weight is 375 g/mol. The fourth-order valence-electron chi connectivity index (χ4n) is 4.11. The minimum absolute atomic E-state index is 0.157. The topological polar surface area (TPSA) is 3.88 Å². The van der Waals surface area contributed by atoms with Gasteiger partial charge < -0.3 is 0 Å². The van der Waals surface area contributed by atoms with Crippen LogP contribution in [0.5, 0.6) is 0 Å². The molecule has 3 rings (SSSR count). The Morgan fingerprint density at radius 3 is 2.11 bits per heavy atom. The van der Waals surface area contributed by atoms with E-state index in [-0.39, 0.29) is 5.41 Å². The van der Waals surface area contributed by atoms with Crippen LogP contribution in [0.15, 0.2) is 42.6 Å². The number of hydrogen-bond donors (Lipinski definition) is 0. The van der Waals surface area contributed by atoms with Crippen molar-refractivity contribution in [2.45, 2.75) is 72.6 Å². The van der Waals surface area contributed by atoms with Crippen molar-refractivity contribution < 1.29 is 4.57 Å². The molecule has 1 heterocycles. The summed E-state index contributed by atoms with van der Waals surface area (Å²) in [7, 11) is 2.17. The smallest absolute Gasteiger partial charge is 0.200 e. The van der Waals surface area contributed by atoms with Crippen LogP contribution in [0.1, 0.15) is 82.6 Å². The second-order valence-electron chi connectivity index (χ2n) is 9.92. The molecule has 0 atom stereocenters. The molecule has 0 spiro atoms. The summed E-state index contributed by atoms with van der Waals surface area (Å²) < 4.78 is 2.29. The van der Waals surface area contributed by atoms with E-state index in [1.165, 1.54) is 44.3 Å². The van der Waals surface area contributed by atoms with Gasteiger partial charge in [-0.3, -0.25) is 0 Å². The minimum Gasteiger partial charge on any atom is -0.200 e. The first-order chi connectivity index (χ1) is 13.0. The van der Waals surface area contributed by atoms with Crippen LogP contribution in [0.4, 0.5) is 0 Å². The molecule has 28 heavy (non-hydrogen) atoms. The van der Waals surface area contributed by atoms with Crippen LogP contribution in [-0.2, 0) is 12.5 Å². The number of benzene rings is 2.